The molecule has 156 valence electrons. The maximum Gasteiger partial charge on any atom is 0.407 e. The van der Waals surface area contributed by atoms with Crippen LogP contribution in [0.4, 0.5) is 10.5 Å². The standard InChI is InChI=1S/C19H23N3O6S/c1-3-28-19(24)21-13-12-20-18(23)14-8-10-15(11-9-14)29(25,26)22-16-6-4-5-7-17(16)27-2/h4-11,22H,3,12-13H2,1-2H3,(H,20,23)(H,21,24). The number of benzene rings is 2. The molecular formula is C19H23N3O6S. The summed E-state index contributed by atoms with van der Waals surface area (Å²) in [7, 11) is -2.40. The summed E-state index contributed by atoms with van der Waals surface area (Å²) >= 11 is 0. The number of sulfonamides is 1. The average Bonchev–Trinajstić information content (AvgIpc) is 2.71. The second-order valence-corrected chi connectivity index (χ2v) is 7.42. The summed E-state index contributed by atoms with van der Waals surface area (Å²) < 4.78 is 37.4. The Morgan fingerprint density at radius 1 is 0.966 bits per heavy atom. The number of nitrogens with one attached hydrogen (secondary N) is 3. The molecule has 0 radical (unpaired) electrons. The summed E-state index contributed by atoms with van der Waals surface area (Å²) in [5.74, 6) is 0.000736. The van der Waals surface area contributed by atoms with Crippen molar-refractivity contribution in [1.82, 2.24) is 10.6 Å². The van der Waals surface area contributed by atoms with Crippen LogP contribution < -0.4 is 20.1 Å². The molecule has 0 aromatic heterocycles. The maximum absolute atomic E-state index is 12.6. The number of carbonyl (C=O) groups is 2. The molecule has 29 heavy (non-hydrogen) atoms. The van der Waals surface area contributed by atoms with Gasteiger partial charge in [0.1, 0.15) is 5.75 Å². The van der Waals surface area contributed by atoms with Crippen LogP contribution >= 0.6 is 0 Å². The second kappa shape index (κ2) is 10.3. The fourth-order valence-corrected chi connectivity index (χ4v) is 3.41. The van der Waals surface area contributed by atoms with Crippen LogP contribution in [0.15, 0.2) is 53.4 Å². The molecule has 2 aromatic carbocycles. The van der Waals surface area contributed by atoms with Gasteiger partial charge in [-0.05, 0) is 43.3 Å². The van der Waals surface area contributed by atoms with Crippen molar-refractivity contribution in [3.05, 3.63) is 54.1 Å². The highest BCUT2D eigenvalue weighted by molar-refractivity contribution is 7.92. The maximum atomic E-state index is 12.6. The molecule has 2 amide bonds. The molecule has 0 fully saturated rings. The summed E-state index contributed by atoms with van der Waals surface area (Å²) in [5.41, 5.74) is 0.600. The van der Waals surface area contributed by atoms with E-state index in [1.54, 1.807) is 31.2 Å². The van der Waals surface area contributed by atoms with Gasteiger partial charge in [-0.1, -0.05) is 12.1 Å². The van der Waals surface area contributed by atoms with Gasteiger partial charge in [0.15, 0.2) is 0 Å². The molecule has 0 bridgehead atoms. The summed E-state index contributed by atoms with van der Waals surface area (Å²) in [4.78, 5) is 23.3. The predicted octanol–water partition coefficient (Wildman–Crippen LogP) is 1.97. The molecule has 3 N–H and O–H groups in total. The lowest BCUT2D eigenvalue weighted by Gasteiger charge is -2.12. The van der Waals surface area contributed by atoms with E-state index in [-0.39, 0.29) is 30.2 Å². The summed E-state index contributed by atoms with van der Waals surface area (Å²) in [6, 6.07) is 12.1. The monoisotopic (exact) mass is 421 g/mol. The minimum absolute atomic E-state index is 0.00364. The van der Waals surface area contributed by atoms with Crippen LogP contribution in [0.3, 0.4) is 0 Å². The topological polar surface area (TPSA) is 123 Å². The van der Waals surface area contributed by atoms with E-state index < -0.39 is 22.0 Å². The molecule has 0 atom stereocenters. The predicted molar refractivity (Wildman–Crippen MR) is 108 cm³/mol. The van der Waals surface area contributed by atoms with Crippen molar-refractivity contribution < 1.29 is 27.5 Å². The van der Waals surface area contributed by atoms with Crippen LogP contribution in [0, 0.1) is 0 Å². The number of para-hydroxylation sites is 2. The van der Waals surface area contributed by atoms with Crippen LogP contribution in [0.5, 0.6) is 5.75 Å². The van der Waals surface area contributed by atoms with E-state index in [0.29, 0.717) is 11.4 Å². The van der Waals surface area contributed by atoms with Crippen LogP contribution in [0.2, 0.25) is 0 Å². The molecule has 10 heteroatoms. The second-order valence-electron chi connectivity index (χ2n) is 5.73. The van der Waals surface area contributed by atoms with Gasteiger partial charge < -0.3 is 20.1 Å². The third kappa shape index (κ3) is 6.39. The van der Waals surface area contributed by atoms with Crippen molar-refractivity contribution in [2.45, 2.75) is 11.8 Å². The molecular weight excluding hydrogens is 398 g/mol. The van der Waals surface area contributed by atoms with Crippen molar-refractivity contribution in [1.29, 1.82) is 0 Å². The van der Waals surface area contributed by atoms with Gasteiger partial charge in [0, 0.05) is 18.7 Å². The number of alkyl carbamates (subject to hydrolysis) is 1. The van der Waals surface area contributed by atoms with Crippen molar-refractivity contribution in [3.63, 3.8) is 0 Å². The molecule has 0 saturated heterocycles. The number of anilines is 1. The largest absolute Gasteiger partial charge is 0.495 e. The molecule has 0 spiro atoms. The molecule has 0 aliphatic rings. The Balaban J connectivity index is 1.96. The van der Waals surface area contributed by atoms with E-state index >= 15 is 0 Å². The van der Waals surface area contributed by atoms with E-state index in [9.17, 15) is 18.0 Å². The van der Waals surface area contributed by atoms with Gasteiger partial charge in [-0.3, -0.25) is 9.52 Å². The highest BCUT2D eigenvalue weighted by Gasteiger charge is 2.17. The first kappa shape index (κ1) is 22.0. The van der Waals surface area contributed by atoms with Crippen molar-refractivity contribution in [2.24, 2.45) is 0 Å². The van der Waals surface area contributed by atoms with Crippen molar-refractivity contribution in [2.75, 3.05) is 31.5 Å². The van der Waals surface area contributed by atoms with Gasteiger partial charge in [-0.2, -0.15) is 0 Å². The third-order valence-corrected chi connectivity index (χ3v) is 5.11. The quantitative estimate of drug-likeness (QED) is 0.532. The molecule has 9 nitrogen and oxygen atoms in total. The normalized spacial score (nSPS) is 10.7. The Labute approximate surface area is 169 Å². The lowest BCUT2D eigenvalue weighted by molar-refractivity contribution is 0.0952. The number of hydrogen-bond donors (Lipinski definition) is 3. The molecule has 0 heterocycles. The zero-order valence-electron chi connectivity index (χ0n) is 16.1. The minimum Gasteiger partial charge on any atom is -0.495 e. The fourth-order valence-electron chi connectivity index (χ4n) is 2.34. The summed E-state index contributed by atoms with van der Waals surface area (Å²) in [6.07, 6.45) is -0.557. The molecule has 2 aromatic rings. The first-order valence-corrected chi connectivity index (χ1v) is 10.3. The summed E-state index contributed by atoms with van der Waals surface area (Å²) in [5, 5.41) is 5.10. The van der Waals surface area contributed by atoms with Gasteiger partial charge in [0.05, 0.1) is 24.3 Å². The Bertz CT molecular complexity index is 945. The number of hydrogen-bond acceptors (Lipinski definition) is 6. The van der Waals surface area contributed by atoms with Crippen molar-refractivity contribution >= 4 is 27.7 Å². The molecule has 0 saturated carbocycles. The number of carbonyl (C=O) groups excluding carboxylic acids is 2. The number of rotatable bonds is 9. The van der Waals surface area contributed by atoms with Crippen molar-refractivity contribution in [3.8, 4) is 5.75 Å². The lowest BCUT2D eigenvalue weighted by Crippen LogP contribution is -2.35. The highest BCUT2D eigenvalue weighted by atomic mass is 32.2. The number of ether oxygens (including phenoxy) is 2. The zero-order valence-corrected chi connectivity index (χ0v) is 16.9. The van der Waals surface area contributed by atoms with Gasteiger partial charge in [0.2, 0.25) is 0 Å². The first-order chi connectivity index (χ1) is 13.9. The molecule has 0 aliphatic heterocycles. The Morgan fingerprint density at radius 3 is 2.28 bits per heavy atom. The highest BCUT2D eigenvalue weighted by Crippen LogP contribution is 2.26. The first-order valence-electron chi connectivity index (χ1n) is 8.82. The van der Waals surface area contributed by atoms with Gasteiger partial charge >= 0.3 is 6.09 Å². The van der Waals surface area contributed by atoms with E-state index in [4.69, 9.17) is 9.47 Å². The zero-order chi connectivity index (χ0) is 21.3. The molecule has 0 aliphatic carbocycles. The third-order valence-electron chi connectivity index (χ3n) is 3.73. The van der Waals surface area contributed by atoms with E-state index in [1.165, 1.54) is 31.4 Å². The molecule has 2 rings (SSSR count). The lowest BCUT2D eigenvalue weighted by atomic mass is 10.2. The summed E-state index contributed by atoms with van der Waals surface area (Å²) in [6.45, 7) is 2.36. The Kier molecular flexibility index (Phi) is 7.84. The average molecular weight is 421 g/mol. The van der Waals surface area contributed by atoms with Gasteiger partial charge in [0.25, 0.3) is 15.9 Å². The van der Waals surface area contributed by atoms with Crippen LogP contribution in [0.25, 0.3) is 0 Å². The van der Waals surface area contributed by atoms with Crippen LogP contribution in [-0.4, -0.2) is 47.2 Å². The number of amides is 2. The number of methoxy groups -OCH3 is 1. The van der Waals surface area contributed by atoms with E-state index in [0.717, 1.165) is 0 Å². The Morgan fingerprint density at radius 2 is 1.62 bits per heavy atom. The smallest absolute Gasteiger partial charge is 0.407 e. The SMILES string of the molecule is CCOC(=O)NCCNC(=O)c1ccc(S(=O)(=O)Nc2ccccc2OC)cc1. The Hall–Kier alpha value is -3.27. The van der Waals surface area contributed by atoms with Gasteiger partial charge in [-0.15, -0.1) is 0 Å². The van der Waals surface area contributed by atoms with E-state index in [2.05, 4.69) is 15.4 Å². The fraction of sp³-hybridized carbons (Fsp3) is 0.263. The van der Waals surface area contributed by atoms with Gasteiger partial charge in [-0.25, -0.2) is 13.2 Å². The van der Waals surface area contributed by atoms with E-state index in [1.807, 2.05) is 0 Å². The molecule has 0 unspecified atom stereocenters. The van der Waals surface area contributed by atoms with Crippen LogP contribution in [0.1, 0.15) is 17.3 Å². The minimum atomic E-state index is -3.85. The van der Waals surface area contributed by atoms with Crippen LogP contribution in [-0.2, 0) is 14.8 Å².